The molecule has 2 heterocycles. The molecule has 3 rings (SSSR count). The molecule has 158 valence electrons. The molecule has 2 aliphatic heterocycles. The molecule has 2 fully saturated rings. The van der Waals surface area contributed by atoms with Crippen LogP contribution >= 0.6 is 11.6 Å². The molecule has 0 aliphatic carbocycles. The van der Waals surface area contributed by atoms with Crippen molar-refractivity contribution >= 4 is 35.1 Å². The van der Waals surface area contributed by atoms with E-state index in [4.69, 9.17) is 16.3 Å². The monoisotopic (exact) mass is 422 g/mol. The lowest BCUT2D eigenvalue weighted by molar-refractivity contribution is -0.132. The van der Waals surface area contributed by atoms with Gasteiger partial charge >= 0.3 is 6.03 Å². The van der Waals surface area contributed by atoms with Crippen molar-refractivity contribution < 1.29 is 19.1 Å². The van der Waals surface area contributed by atoms with E-state index in [9.17, 15) is 14.4 Å². The summed E-state index contributed by atoms with van der Waals surface area (Å²) in [5, 5.41) is 5.45. The third-order valence-electron chi connectivity index (χ3n) is 5.65. The van der Waals surface area contributed by atoms with Crippen LogP contribution in [0.2, 0.25) is 5.02 Å². The molecule has 4 amide bonds. The van der Waals surface area contributed by atoms with Gasteiger partial charge in [0.1, 0.15) is 11.3 Å². The van der Waals surface area contributed by atoms with Gasteiger partial charge in [0.2, 0.25) is 5.91 Å². The van der Waals surface area contributed by atoms with Crippen LogP contribution in [0.5, 0.6) is 5.75 Å². The number of halogens is 1. The van der Waals surface area contributed by atoms with Crippen LogP contribution in [0.1, 0.15) is 32.3 Å². The second-order valence-corrected chi connectivity index (χ2v) is 7.96. The summed E-state index contributed by atoms with van der Waals surface area (Å²) in [6.45, 7) is 6.29. The highest BCUT2D eigenvalue weighted by Crippen LogP contribution is 2.34. The van der Waals surface area contributed by atoms with Crippen molar-refractivity contribution in [2.24, 2.45) is 0 Å². The number of carbonyl (C=O) groups is 3. The number of rotatable bonds is 6. The molecular weight excluding hydrogens is 396 g/mol. The molecular formula is C20H27ClN4O4. The second kappa shape index (κ2) is 8.49. The van der Waals surface area contributed by atoms with Crippen molar-refractivity contribution in [3.8, 4) is 5.75 Å². The van der Waals surface area contributed by atoms with E-state index in [2.05, 4.69) is 28.5 Å². The fourth-order valence-corrected chi connectivity index (χ4v) is 4.03. The summed E-state index contributed by atoms with van der Waals surface area (Å²) in [5.74, 6) is 0.260. The third-order valence-corrected chi connectivity index (χ3v) is 6.08. The van der Waals surface area contributed by atoms with E-state index in [1.54, 1.807) is 14.0 Å². The smallest absolute Gasteiger partial charge is 0.322 e. The lowest BCUT2D eigenvalue weighted by atomic mass is 9.96. The molecule has 0 radical (unpaired) electrons. The van der Waals surface area contributed by atoms with Crippen LogP contribution in [0.3, 0.4) is 0 Å². The summed E-state index contributed by atoms with van der Waals surface area (Å²) in [4.78, 5) is 39.8. The molecule has 0 bridgehead atoms. The Morgan fingerprint density at radius 3 is 2.48 bits per heavy atom. The number of anilines is 1. The van der Waals surface area contributed by atoms with E-state index in [0.29, 0.717) is 37.0 Å². The van der Waals surface area contributed by atoms with Gasteiger partial charge in [-0.25, -0.2) is 4.79 Å². The zero-order valence-corrected chi connectivity index (χ0v) is 17.8. The predicted octanol–water partition coefficient (Wildman–Crippen LogP) is 1.94. The van der Waals surface area contributed by atoms with E-state index < -0.39 is 11.6 Å². The Bertz CT molecular complexity index is 798. The van der Waals surface area contributed by atoms with Gasteiger partial charge in [-0.05, 0) is 31.4 Å². The van der Waals surface area contributed by atoms with E-state index >= 15 is 0 Å². The van der Waals surface area contributed by atoms with Crippen LogP contribution in [0, 0.1) is 0 Å². The fourth-order valence-electron chi connectivity index (χ4n) is 3.71. The minimum Gasteiger partial charge on any atom is -0.495 e. The minimum atomic E-state index is -1.02. The number of hydrogen-bond donors (Lipinski definition) is 2. The summed E-state index contributed by atoms with van der Waals surface area (Å²) < 4.78 is 5.40. The number of aryl methyl sites for hydroxylation is 1. The number of ether oxygens (including phenoxy) is 1. The quantitative estimate of drug-likeness (QED) is 0.683. The molecule has 0 saturated carbocycles. The average molecular weight is 423 g/mol. The van der Waals surface area contributed by atoms with Gasteiger partial charge in [-0.3, -0.25) is 14.9 Å². The summed E-state index contributed by atoms with van der Waals surface area (Å²) in [5.41, 5.74) is 1.04. The van der Waals surface area contributed by atoms with Gasteiger partial charge in [-0.2, -0.15) is 0 Å². The molecule has 9 heteroatoms. The van der Waals surface area contributed by atoms with Gasteiger partial charge in [-0.1, -0.05) is 18.5 Å². The maximum absolute atomic E-state index is 12.6. The molecule has 2 N–H and O–H groups in total. The van der Waals surface area contributed by atoms with Crippen molar-refractivity contribution in [3.63, 3.8) is 0 Å². The van der Waals surface area contributed by atoms with Gasteiger partial charge in [0.15, 0.2) is 0 Å². The van der Waals surface area contributed by atoms with Crippen molar-refractivity contribution in [2.75, 3.05) is 38.2 Å². The summed E-state index contributed by atoms with van der Waals surface area (Å²) in [6, 6.07) is 3.49. The summed E-state index contributed by atoms with van der Waals surface area (Å²) in [7, 11) is 1.61. The highest BCUT2D eigenvalue weighted by atomic mass is 35.5. The lowest BCUT2D eigenvalue weighted by Crippen LogP contribution is -2.50. The Hall–Kier alpha value is -2.48. The molecule has 2 saturated heterocycles. The number of imide groups is 1. The van der Waals surface area contributed by atoms with Gasteiger partial charge in [0, 0.05) is 44.4 Å². The van der Waals surface area contributed by atoms with E-state index in [-0.39, 0.29) is 24.7 Å². The molecule has 8 nitrogen and oxygen atoms in total. The first kappa shape index (κ1) is 21.2. The van der Waals surface area contributed by atoms with Gasteiger partial charge in [-0.15, -0.1) is 0 Å². The van der Waals surface area contributed by atoms with Crippen LogP contribution < -0.4 is 20.3 Å². The van der Waals surface area contributed by atoms with Crippen molar-refractivity contribution in [3.05, 3.63) is 22.7 Å². The molecule has 1 aromatic carbocycles. The van der Waals surface area contributed by atoms with Crippen LogP contribution in [-0.2, 0) is 16.0 Å². The topological polar surface area (TPSA) is 91.0 Å². The maximum Gasteiger partial charge on any atom is 0.322 e. The van der Waals surface area contributed by atoms with Crippen LogP contribution in [0.4, 0.5) is 10.5 Å². The Morgan fingerprint density at radius 1 is 1.24 bits per heavy atom. The number of piperazine rings is 1. The Kier molecular flexibility index (Phi) is 6.21. The molecule has 0 aromatic heterocycles. The number of nitrogens with one attached hydrogen (secondary N) is 2. The van der Waals surface area contributed by atoms with Crippen molar-refractivity contribution in [2.45, 2.75) is 38.6 Å². The first-order chi connectivity index (χ1) is 13.8. The number of benzene rings is 1. The molecule has 2 aliphatic rings. The zero-order chi connectivity index (χ0) is 21.2. The number of hydrogen-bond acceptors (Lipinski definition) is 5. The van der Waals surface area contributed by atoms with E-state index in [0.717, 1.165) is 17.7 Å². The van der Waals surface area contributed by atoms with Crippen molar-refractivity contribution in [1.29, 1.82) is 0 Å². The second-order valence-electron chi connectivity index (χ2n) is 7.58. The zero-order valence-electron chi connectivity index (χ0n) is 17.0. The largest absolute Gasteiger partial charge is 0.495 e. The normalized spacial score (nSPS) is 21.8. The average Bonchev–Trinajstić information content (AvgIpc) is 2.98. The Labute approximate surface area is 175 Å². The summed E-state index contributed by atoms with van der Waals surface area (Å²) >= 11 is 6.35. The van der Waals surface area contributed by atoms with E-state index in [1.165, 1.54) is 0 Å². The number of methoxy groups -OCH3 is 1. The lowest BCUT2D eigenvalue weighted by Gasteiger charge is -2.37. The maximum atomic E-state index is 12.6. The first-order valence-electron chi connectivity index (χ1n) is 9.80. The molecule has 1 atom stereocenters. The van der Waals surface area contributed by atoms with E-state index in [1.807, 2.05) is 11.0 Å². The van der Waals surface area contributed by atoms with Crippen LogP contribution in [-0.4, -0.2) is 61.6 Å². The molecule has 29 heavy (non-hydrogen) atoms. The fraction of sp³-hybridized carbons (Fsp3) is 0.550. The Balaban J connectivity index is 1.57. The minimum absolute atomic E-state index is 0.0113. The third kappa shape index (κ3) is 4.42. The number of nitrogens with zero attached hydrogens (tertiary/aromatic N) is 2. The molecule has 0 unspecified atom stereocenters. The first-order valence-corrected chi connectivity index (χ1v) is 10.2. The predicted molar refractivity (Wildman–Crippen MR) is 110 cm³/mol. The SMILES string of the molecule is CCc1cc(N2CCN(C(=O)CC[C@@]3(C)NC(=O)NC3=O)CC2)cc(OC)c1Cl. The molecule has 0 spiro atoms. The summed E-state index contributed by atoms with van der Waals surface area (Å²) in [6.07, 6.45) is 1.29. The van der Waals surface area contributed by atoms with Gasteiger partial charge in [0.05, 0.1) is 12.1 Å². The number of carbonyl (C=O) groups excluding carboxylic acids is 3. The standard InChI is InChI=1S/C20H27ClN4O4/c1-4-13-11-14(12-15(29-3)17(13)21)24-7-9-25(10-8-24)16(26)5-6-20(2)18(27)22-19(28)23-20/h11-12H,4-10H2,1-3H3,(H2,22,23,27,28)/t20-/m1/s1. The highest BCUT2D eigenvalue weighted by Gasteiger charge is 2.42. The van der Waals surface area contributed by atoms with Crippen molar-refractivity contribution in [1.82, 2.24) is 15.5 Å². The van der Waals surface area contributed by atoms with Crippen LogP contribution in [0.15, 0.2) is 12.1 Å². The van der Waals surface area contributed by atoms with Crippen LogP contribution in [0.25, 0.3) is 0 Å². The van der Waals surface area contributed by atoms with Gasteiger partial charge in [0.25, 0.3) is 5.91 Å². The highest BCUT2D eigenvalue weighted by molar-refractivity contribution is 6.33. The Morgan fingerprint density at radius 2 is 1.93 bits per heavy atom. The molecule has 1 aromatic rings. The van der Waals surface area contributed by atoms with Gasteiger partial charge < -0.3 is 19.9 Å². The number of urea groups is 1. The number of amides is 4.